The van der Waals surface area contributed by atoms with Crippen LogP contribution in [0.15, 0.2) is 42.6 Å². The highest BCUT2D eigenvalue weighted by atomic mass is 19.4. The average molecular weight is 460 g/mol. The number of carbonyl (C=O) groups excluding carboxylic acids is 1. The van der Waals surface area contributed by atoms with Crippen LogP contribution in [-0.4, -0.2) is 38.8 Å². The standard InChI is InChI=1S/C22H20F4N6O/c23-16-4-2-1-3-13(16)9-29-20(33)31-11-21(12-31)5-6-32-18(21)8-17(30-32)14-7-15(22(24,25)26)19(27)28-10-14/h1-4,7-8,10H,5-6,9,11-12H2,(H2,27,28)(H,29,33). The van der Waals surface area contributed by atoms with Crippen LogP contribution in [0.1, 0.15) is 23.2 Å². The lowest BCUT2D eigenvalue weighted by Crippen LogP contribution is -2.62. The van der Waals surface area contributed by atoms with Gasteiger partial charge in [0.15, 0.2) is 0 Å². The minimum absolute atomic E-state index is 0.0861. The smallest absolute Gasteiger partial charge is 0.383 e. The number of nitrogens with zero attached hydrogens (tertiary/aromatic N) is 4. The molecule has 2 aliphatic heterocycles. The van der Waals surface area contributed by atoms with Crippen molar-refractivity contribution in [2.45, 2.75) is 31.1 Å². The lowest BCUT2D eigenvalue weighted by Gasteiger charge is -2.47. The van der Waals surface area contributed by atoms with Crippen molar-refractivity contribution in [2.24, 2.45) is 0 Å². The number of carbonyl (C=O) groups is 1. The lowest BCUT2D eigenvalue weighted by atomic mass is 9.76. The van der Waals surface area contributed by atoms with E-state index in [0.717, 1.165) is 18.2 Å². The Morgan fingerprint density at radius 3 is 2.70 bits per heavy atom. The van der Waals surface area contributed by atoms with Crippen LogP contribution < -0.4 is 11.1 Å². The normalized spacial score (nSPS) is 16.5. The number of aryl methyl sites for hydroxylation is 1. The molecule has 0 atom stereocenters. The van der Waals surface area contributed by atoms with Gasteiger partial charge >= 0.3 is 12.2 Å². The number of hydrogen-bond donors (Lipinski definition) is 2. The zero-order chi connectivity index (χ0) is 23.4. The van der Waals surface area contributed by atoms with E-state index in [9.17, 15) is 22.4 Å². The van der Waals surface area contributed by atoms with E-state index < -0.39 is 17.6 Å². The highest BCUT2D eigenvalue weighted by molar-refractivity contribution is 5.76. The Kier molecular flexibility index (Phi) is 4.80. The van der Waals surface area contributed by atoms with Gasteiger partial charge in [0.05, 0.1) is 11.3 Å². The van der Waals surface area contributed by atoms with Crippen molar-refractivity contribution in [3.8, 4) is 11.3 Å². The fraction of sp³-hybridized carbons (Fsp3) is 0.318. The van der Waals surface area contributed by atoms with Crippen LogP contribution in [0.5, 0.6) is 0 Å². The monoisotopic (exact) mass is 460 g/mol. The maximum atomic E-state index is 13.7. The molecule has 1 spiro atoms. The van der Waals surface area contributed by atoms with Crippen molar-refractivity contribution >= 4 is 11.8 Å². The number of nitrogen functional groups attached to an aromatic ring is 1. The fourth-order valence-electron chi connectivity index (χ4n) is 4.52. The summed E-state index contributed by atoms with van der Waals surface area (Å²) in [6, 6.07) is 8.66. The van der Waals surface area contributed by atoms with Gasteiger partial charge in [-0.1, -0.05) is 18.2 Å². The number of urea groups is 1. The third-order valence-corrected chi connectivity index (χ3v) is 6.31. The second-order valence-corrected chi connectivity index (χ2v) is 8.43. The predicted molar refractivity (Wildman–Crippen MR) is 111 cm³/mol. The molecule has 1 aromatic carbocycles. The molecule has 1 fully saturated rings. The van der Waals surface area contributed by atoms with E-state index >= 15 is 0 Å². The molecule has 0 bridgehead atoms. The van der Waals surface area contributed by atoms with E-state index in [0.29, 0.717) is 30.9 Å². The molecule has 4 heterocycles. The van der Waals surface area contributed by atoms with Gasteiger partial charge in [-0.2, -0.15) is 18.3 Å². The number of amides is 2. The first-order valence-corrected chi connectivity index (χ1v) is 10.3. The van der Waals surface area contributed by atoms with Crippen molar-refractivity contribution in [2.75, 3.05) is 18.8 Å². The van der Waals surface area contributed by atoms with Gasteiger partial charge in [0.25, 0.3) is 0 Å². The number of halogens is 4. The van der Waals surface area contributed by atoms with Crippen LogP contribution >= 0.6 is 0 Å². The molecule has 2 aliphatic rings. The number of alkyl halides is 3. The van der Waals surface area contributed by atoms with Gasteiger partial charge in [-0.05, 0) is 24.6 Å². The molecular formula is C22H20F4N6O. The van der Waals surface area contributed by atoms with E-state index in [1.807, 2.05) is 0 Å². The van der Waals surface area contributed by atoms with Crippen LogP contribution in [0.4, 0.5) is 28.2 Å². The third kappa shape index (κ3) is 3.66. The molecule has 33 heavy (non-hydrogen) atoms. The summed E-state index contributed by atoms with van der Waals surface area (Å²) < 4.78 is 55.1. The van der Waals surface area contributed by atoms with E-state index in [2.05, 4.69) is 15.4 Å². The molecule has 0 radical (unpaired) electrons. The number of fused-ring (bicyclic) bond motifs is 2. The van der Waals surface area contributed by atoms with E-state index in [4.69, 9.17) is 5.73 Å². The minimum atomic E-state index is -4.61. The van der Waals surface area contributed by atoms with Crippen molar-refractivity contribution in [1.29, 1.82) is 0 Å². The van der Waals surface area contributed by atoms with Gasteiger partial charge in [0.1, 0.15) is 11.6 Å². The Bertz CT molecular complexity index is 1230. The van der Waals surface area contributed by atoms with E-state index in [1.54, 1.807) is 33.8 Å². The zero-order valence-corrected chi connectivity index (χ0v) is 17.4. The summed E-state index contributed by atoms with van der Waals surface area (Å²) in [5, 5.41) is 7.18. The van der Waals surface area contributed by atoms with Gasteiger partial charge in [-0.3, -0.25) is 4.68 Å². The van der Waals surface area contributed by atoms with E-state index in [-0.39, 0.29) is 29.4 Å². The molecule has 1 saturated heterocycles. The summed E-state index contributed by atoms with van der Waals surface area (Å²) in [7, 11) is 0. The number of pyridine rings is 1. The van der Waals surface area contributed by atoms with Gasteiger partial charge in [-0.25, -0.2) is 14.2 Å². The summed E-state index contributed by atoms with van der Waals surface area (Å²) in [6.07, 6.45) is -2.56. The van der Waals surface area contributed by atoms with Gasteiger partial charge in [0.2, 0.25) is 0 Å². The van der Waals surface area contributed by atoms with Crippen molar-refractivity contribution < 1.29 is 22.4 Å². The Hall–Kier alpha value is -3.63. The van der Waals surface area contributed by atoms with Crippen LogP contribution in [0.25, 0.3) is 11.3 Å². The van der Waals surface area contributed by atoms with Crippen molar-refractivity contribution in [1.82, 2.24) is 25.0 Å². The Morgan fingerprint density at radius 1 is 1.21 bits per heavy atom. The van der Waals surface area contributed by atoms with Crippen molar-refractivity contribution in [3.05, 3.63) is 65.2 Å². The summed E-state index contributed by atoms with van der Waals surface area (Å²) in [4.78, 5) is 17.8. The number of aromatic nitrogens is 3. The summed E-state index contributed by atoms with van der Waals surface area (Å²) in [5.41, 5.74) is 5.99. The second kappa shape index (κ2) is 7.46. The zero-order valence-electron chi connectivity index (χ0n) is 17.4. The van der Waals surface area contributed by atoms with Crippen LogP contribution in [0.2, 0.25) is 0 Å². The molecule has 0 saturated carbocycles. The predicted octanol–water partition coefficient (Wildman–Crippen LogP) is 3.55. The summed E-state index contributed by atoms with van der Waals surface area (Å²) in [5.74, 6) is -0.957. The molecular weight excluding hydrogens is 440 g/mol. The molecule has 3 aromatic rings. The fourth-order valence-corrected chi connectivity index (χ4v) is 4.52. The molecule has 172 valence electrons. The minimum Gasteiger partial charge on any atom is -0.383 e. The molecule has 0 unspecified atom stereocenters. The van der Waals surface area contributed by atoms with E-state index in [1.165, 1.54) is 12.3 Å². The van der Waals surface area contributed by atoms with Crippen molar-refractivity contribution in [3.63, 3.8) is 0 Å². The average Bonchev–Trinajstić information content (AvgIpc) is 3.31. The number of rotatable bonds is 3. The highest BCUT2D eigenvalue weighted by Crippen LogP contribution is 2.44. The van der Waals surface area contributed by atoms with Crippen LogP contribution in [0, 0.1) is 5.82 Å². The molecule has 5 rings (SSSR count). The van der Waals surface area contributed by atoms with Crippen LogP contribution in [-0.2, 0) is 24.7 Å². The summed E-state index contributed by atoms with van der Waals surface area (Å²) >= 11 is 0. The Balaban J connectivity index is 1.29. The Labute approximate surface area is 186 Å². The molecule has 2 aromatic heterocycles. The van der Waals surface area contributed by atoms with Gasteiger partial charge in [-0.15, -0.1) is 0 Å². The first-order valence-electron chi connectivity index (χ1n) is 10.3. The van der Waals surface area contributed by atoms with Crippen LogP contribution in [0.3, 0.4) is 0 Å². The molecule has 11 heteroatoms. The van der Waals surface area contributed by atoms with Gasteiger partial charge < -0.3 is 16.0 Å². The highest BCUT2D eigenvalue weighted by Gasteiger charge is 2.51. The second-order valence-electron chi connectivity index (χ2n) is 8.43. The first kappa shape index (κ1) is 21.2. The number of hydrogen-bond acceptors (Lipinski definition) is 4. The molecule has 7 nitrogen and oxygen atoms in total. The molecule has 3 N–H and O–H groups in total. The van der Waals surface area contributed by atoms with Gasteiger partial charge in [0, 0.05) is 54.6 Å². The number of nitrogens with one attached hydrogen (secondary N) is 1. The quantitative estimate of drug-likeness (QED) is 0.585. The topological polar surface area (TPSA) is 89.1 Å². The SMILES string of the molecule is Nc1ncc(-c2cc3n(n2)CCC32CN(C(=O)NCc3ccccc3F)C2)cc1C(F)(F)F. The number of likely N-dealkylation sites (tertiary alicyclic amines) is 1. The number of nitrogens with two attached hydrogens (primary N) is 1. The summed E-state index contributed by atoms with van der Waals surface area (Å²) in [6.45, 7) is 1.60. The number of anilines is 1. The number of benzene rings is 1. The molecule has 2 amide bonds. The maximum absolute atomic E-state index is 13.7. The Morgan fingerprint density at radius 2 is 1.97 bits per heavy atom. The maximum Gasteiger partial charge on any atom is 0.419 e. The third-order valence-electron chi connectivity index (χ3n) is 6.31. The molecule has 0 aliphatic carbocycles. The largest absolute Gasteiger partial charge is 0.419 e. The lowest BCUT2D eigenvalue weighted by molar-refractivity contribution is -0.137. The first-order chi connectivity index (χ1) is 15.7.